The maximum absolute atomic E-state index is 14.3. The number of amides is 1. The first-order valence-electron chi connectivity index (χ1n) is 11.2. The topological polar surface area (TPSA) is 156 Å². The van der Waals surface area contributed by atoms with Gasteiger partial charge in [0.25, 0.3) is 0 Å². The molecular formula is C23H26FN7O3S. The van der Waals surface area contributed by atoms with Gasteiger partial charge in [0.2, 0.25) is 5.91 Å². The summed E-state index contributed by atoms with van der Waals surface area (Å²) in [5.41, 5.74) is 6.17. The molecule has 1 amide bonds. The van der Waals surface area contributed by atoms with Crippen LogP contribution in [-0.2, 0) is 21.5 Å². The number of anilines is 1. The molecule has 0 spiro atoms. The number of aromatic nitrogens is 4. The third kappa shape index (κ3) is 5.95. The molecule has 0 unspecified atom stereocenters. The van der Waals surface area contributed by atoms with E-state index in [0.29, 0.717) is 28.8 Å². The van der Waals surface area contributed by atoms with Gasteiger partial charge in [0.1, 0.15) is 28.4 Å². The van der Waals surface area contributed by atoms with E-state index in [1.165, 1.54) is 17.4 Å². The number of pyridine rings is 1. The van der Waals surface area contributed by atoms with E-state index in [2.05, 4.69) is 30.8 Å². The van der Waals surface area contributed by atoms with Crippen LogP contribution in [0.3, 0.4) is 0 Å². The molecule has 0 aliphatic heterocycles. The maximum atomic E-state index is 14.3. The van der Waals surface area contributed by atoms with Crippen molar-refractivity contribution in [1.82, 2.24) is 25.5 Å². The zero-order valence-electron chi connectivity index (χ0n) is 18.9. The molecule has 184 valence electrons. The standard InChI is InChI=1S/C23H26FN7O3S/c24-15-3-1-10-26-20(15)23(8-2-9-23)13-29-18-6-5-17(30-31-18)21-28-12-14(35-21)11-27-19(32)7-4-16(25)22(33)34/h1,3,5-6,10,12,16H,2,4,7-9,11,13,25H2,(H,27,32)(H,29,31)(H,33,34)/t16-/m0/s1. The van der Waals surface area contributed by atoms with Crippen LogP contribution in [0.25, 0.3) is 10.7 Å². The van der Waals surface area contributed by atoms with E-state index in [-0.39, 0.29) is 36.5 Å². The zero-order chi connectivity index (χ0) is 24.8. The summed E-state index contributed by atoms with van der Waals surface area (Å²) in [4.78, 5) is 32.1. The SMILES string of the molecule is N[C@@H](CCC(=O)NCc1cnc(-c2ccc(NCC3(c4ncccc4F)CCC3)nn2)s1)C(=O)O. The Kier molecular flexibility index (Phi) is 7.61. The van der Waals surface area contributed by atoms with Crippen LogP contribution in [-0.4, -0.2) is 49.7 Å². The predicted octanol–water partition coefficient (Wildman–Crippen LogP) is 2.48. The van der Waals surface area contributed by atoms with E-state index in [9.17, 15) is 14.0 Å². The lowest BCUT2D eigenvalue weighted by Crippen LogP contribution is -2.42. The Morgan fingerprint density at radius 3 is 2.71 bits per heavy atom. The lowest BCUT2D eigenvalue weighted by Gasteiger charge is -2.41. The summed E-state index contributed by atoms with van der Waals surface area (Å²) in [5.74, 6) is -1.10. The Bertz CT molecular complexity index is 1180. The molecule has 0 saturated heterocycles. The monoisotopic (exact) mass is 499 g/mol. The molecule has 1 saturated carbocycles. The second kappa shape index (κ2) is 10.8. The molecule has 35 heavy (non-hydrogen) atoms. The van der Waals surface area contributed by atoms with Crippen molar-refractivity contribution in [2.45, 2.75) is 50.1 Å². The average molecular weight is 500 g/mol. The molecule has 3 aromatic heterocycles. The molecule has 3 aromatic rings. The third-order valence-electron chi connectivity index (χ3n) is 6.08. The van der Waals surface area contributed by atoms with Crippen LogP contribution in [0.15, 0.2) is 36.7 Å². The van der Waals surface area contributed by atoms with Crippen molar-refractivity contribution in [2.75, 3.05) is 11.9 Å². The summed E-state index contributed by atoms with van der Waals surface area (Å²) < 4.78 is 14.3. The van der Waals surface area contributed by atoms with Gasteiger partial charge in [-0.05, 0) is 43.5 Å². The van der Waals surface area contributed by atoms with Crippen molar-refractivity contribution < 1.29 is 19.1 Å². The summed E-state index contributed by atoms with van der Waals surface area (Å²) in [7, 11) is 0. The summed E-state index contributed by atoms with van der Waals surface area (Å²) in [5, 5.41) is 23.9. The van der Waals surface area contributed by atoms with Gasteiger partial charge < -0.3 is 21.5 Å². The normalized spacial score (nSPS) is 15.1. The van der Waals surface area contributed by atoms with Gasteiger partial charge in [-0.3, -0.25) is 14.6 Å². The van der Waals surface area contributed by atoms with E-state index in [0.717, 1.165) is 24.1 Å². The Balaban J connectivity index is 1.30. The van der Waals surface area contributed by atoms with Crippen LogP contribution in [0.4, 0.5) is 10.2 Å². The van der Waals surface area contributed by atoms with Gasteiger partial charge in [0, 0.05) is 35.7 Å². The first kappa shape index (κ1) is 24.6. The van der Waals surface area contributed by atoms with Crippen molar-refractivity contribution in [3.8, 4) is 10.7 Å². The number of thiazole rings is 1. The Morgan fingerprint density at radius 1 is 1.23 bits per heavy atom. The van der Waals surface area contributed by atoms with E-state index < -0.39 is 12.0 Å². The highest BCUT2D eigenvalue weighted by Gasteiger charge is 2.41. The van der Waals surface area contributed by atoms with Crippen molar-refractivity contribution in [3.63, 3.8) is 0 Å². The summed E-state index contributed by atoms with van der Waals surface area (Å²) in [6.07, 6.45) is 6.14. The highest BCUT2D eigenvalue weighted by Crippen LogP contribution is 2.43. The molecule has 1 fully saturated rings. The van der Waals surface area contributed by atoms with Gasteiger partial charge in [0.05, 0.1) is 12.2 Å². The zero-order valence-corrected chi connectivity index (χ0v) is 19.7. The van der Waals surface area contributed by atoms with Crippen LogP contribution in [0.1, 0.15) is 42.7 Å². The van der Waals surface area contributed by atoms with Crippen LogP contribution in [0, 0.1) is 5.82 Å². The van der Waals surface area contributed by atoms with Crippen LogP contribution in [0.2, 0.25) is 0 Å². The quantitative estimate of drug-likeness (QED) is 0.311. The number of hydrogen-bond acceptors (Lipinski definition) is 9. The van der Waals surface area contributed by atoms with Crippen molar-refractivity contribution in [3.05, 3.63) is 53.0 Å². The van der Waals surface area contributed by atoms with Gasteiger partial charge >= 0.3 is 5.97 Å². The van der Waals surface area contributed by atoms with E-state index >= 15 is 0 Å². The number of nitrogens with two attached hydrogens (primary N) is 1. The first-order valence-corrected chi connectivity index (χ1v) is 12.1. The predicted molar refractivity (Wildman–Crippen MR) is 128 cm³/mol. The van der Waals surface area contributed by atoms with Crippen LogP contribution in [0.5, 0.6) is 0 Å². The van der Waals surface area contributed by atoms with Gasteiger partial charge in [-0.25, -0.2) is 9.37 Å². The van der Waals surface area contributed by atoms with Gasteiger partial charge in [0.15, 0.2) is 0 Å². The molecule has 12 heteroatoms. The molecule has 1 aliphatic carbocycles. The first-order chi connectivity index (χ1) is 16.9. The lowest BCUT2D eigenvalue weighted by atomic mass is 9.66. The highest BCUT2D eigenvalue weighted by atomic mass is 32.1. The van der Waals surface area contributed by atoms with Crippen molar-refractivity contribution >= 4 is 29.0 Å². The smallest absolute Gasteiger partial charge is 0.320 e. The van der Waals surface area contributed by atoms with E-state index in [1.54, 1.807) is 30.6 Å². The number of nitrogens with zero attached hydrogens (tertiary/aromatic N) is 4. The fourth-order valence-electron chi connectivity index (χ4n) is 3.87. The molecule has 0 radical (unpaired) electrons. The third-order valence-corrected chi connectivity index (χ3v) is 7.10. The number of hydrogen-bond donors (Lipinski definition) is 4. The van der Waals surface area contributed by atoms with Gasteiger partial charge in [-0.1, -0.05) is 6.42 Å². The van der Waals surface area contributed by atoms with Gasteiger partial charge in [-0.2, -0.15) is 0 Å². The Morgan fingerprint density at radius 2 is 2.06 bits per heavy atom. The number of carboxylic acids is 1. The van der Waals surface area contributed by atoms with Crippen LogP contribution < -0.4 is 16.4 Å². The fraction of sp³-hybridized carbons (Fsp3) is 0.391. The number of carbonyl (C=O) groups is 2. The minimum absolute atomic E-state index is 0.0350. The minimum atomic E-state index is -1.13. The molecule has 1 aliphatic rings. The number of aliphatic carboxylic acids is 1. The number of nitrogens with one attached hydrogen (secondary N) is 2. The molecule has 3 heterocycles. The summed E-state index contributed by atoms with van der Waals surface area (Å²) in [6.45, 7) is 0.797. The van der Waals surface area contributed by atoms with E-state index in [1.807, 2.05) is 0 Å². The number of rotatable bonds is 11. The molecule has 0 bridgehead atoms. The number of carbonyl (C=O) groups excluding carboxylic acids is 1. The number of carboxylic acid groups (broad SMARTS) is 1. The summed E-state index contributed by atoms with van der Waals surface area (Å²) in [6, 6.07) is 5.59. The molecule has 10 nitrogen and oxygen atoms in total. The molecule has 0 aromatic carbocycles. The van der Waals surface area contributed by atoms with E-state index in [4.69, 9.17) is 10.8 Å². The Hall–Kier alpha value is -3.51. The van der Waals surface area contributed by atoms with Gasteiger partial charge in [-0.15, -0.1) is 21.5 Å². The molecular weight excluding hydrogens is 473 g/mol. The van der Waals surface area contributed by atoms with Crippen LogP contribution >= 0.6 is 11.3 Å². The molecule has 4 rings (SSSR count). The average Bonchev–Trinajstić information content (AvgIpc) is 3.31. The maximum Gasteiger partial charge on any atom is 0.320 e. The number of halogens is 1. The Labute approximate surface area is 205 Å². The van der Waals surface area contributed by atoms with Crippen molar-refractivity contribution in [2.24, 2.45) is 5.73 Å². The highest BCUT2D eigenvalue weighted by molar-refractivity contribution is 7.15. The second-order valence-corrected chi connectivity index (χ2v) is 9.63. The molecule has 5 N–H and O–H groups in total. The molecule has 1 atom stereocenters. The summed E-state index contributed by atoms with van der Waals surface area (Å²) >= 11 is 1.37. The fourth-order valence-corrected chi connectivity index (χ4v) is 4.69. The largest absolute Gasteiger partial charge is 0.480 e. The minimum Gasteiger partial charge on any atom is -0.480 e. The lowest BCUT2D eigenvalue weighted by molar-refractivity contribution is -0.138. The van der Waals surface area contributed by atoms with Crippen molar-refractivity contribution in [1.29, 1.82) is 0 Å². The second-order valence-electron chi connectivity index (χ2n) is 8.52.